The molecule has 26 heavy (non-hydrogen) atoms. The minimum absolute atomic E-state index is 0.205. The molecule has 5 heteroatoms. The number of hydrogen-bond acceptors (Lipinski definition) is 2. The number of nitrogens with zero attached hydrogens (tertiary/aromatic N) is 1. The molecule has 0 bridgehead atoms. The van der Waals surface area contributed by atoms with Crippen LogP contribution in [0.4, 0.5) is 10.5 Å². The predicted octanol–water partition coefficient (Wildman–Crippen LogP) is 3.92. The van der Waals surface area contributed by atoms with Gasteiger partial charge in [0.15, 0.2) is 0 Å². The first-order valence-corrected chi connectivity index (χ1v) is 8.59. The number of benzene rings is 2. The lowest BCUT2D eigenvalue weighted by molar-refractivity contribution is 0.253. The van der Waals surface area contributed by atoms with Gasteiger partial charge in [-0.2, -0.15) is 0 Å². The van der Waals surface area contributed by atoms with E-state index in [9.17, 15) is 4.79 Å². The van der Waals surface area contributed by atoms with Crippen molar-refractivity contribution in [2.45, 2.75) is 12.8 Å². The number of rotatable bonds is 7. The van der Waals surface area contributed by atoms with Crippen molar-refractivity contribution in [1.29, 1.82) is 0 Å². The molecular weight excluding hydrogens is 324 g/mol. The lowest BCUT2D eigenvalue weighted by Crippen LogP contribution is -2.28. The van der Waals surface area contributed by atoms with Gasteiger partial charge < -0.3 is 15.6 Å². The fourth-order valence-corrected chi connectivity index (χ4v) is 2.55. The van der Waals surface area contributed by atoms with E-state index >= 15 is 0 Å². The molecule has 0 aliphatic carbocycles. The molecule has 0 aliphatic heterocycles. The van der Waals surface area contributed by atoms with Gasteiger partial charge in [-0.1, -0.05) is 54.6 Å². The van der Waals surface area contributed by atoms with E-state index in [2.05, 4.69) is 50.9 Å². The van der Waals surface area contributed by atoms with E-state index in [0.29, 0.717) is 6.54 Å². The number of H-pyrrole nitrogens is 1. The second-order valence-corrected chi connectivity index (χ2v) is 5.95. The summed E-state index contributed by atoms with van der Waals surface area (Å²) >= 11 is 0. The van der Waals surface area contributed by atoms with Gasteiger partial charge in [0.05, 0.1) is 6.33 Å². The standard InChI is InChI=1S/C21H22N4O/c26-21(25-19-7-2-1-3-8-19)23-13-5-4-6-17-9-11-18(12-10-17)14-20-15-22-16-24-20/h1-5,7-12,15-16H,6,13-14H2,(H,22,24)(H2,23,25,26)/b5-4+. The summed E-state index contributed by atoms with van der Waals surface area (Å²) in [6, 6.07) is 17.7. The van der Waals surface area contributed by atoms with Crippen LogP contribution in [0.25, 0.3) is 0 Å². The molecule has 3 N–H and O–H groups in total. The highest BCUT2D eigenvalue weighted by Crippen LogP contribution is 2.09. The molecule has 0 unspecified atom stereocenters. The van der Waals surface area contributed by atoms with Crippen LogP contribution in [0.2, 0.25) is 0 Å². The van der Waals surface area contributed by atoms with Crippen LogP contribution in [0.3, 0.4) is 0 Å². The summed E-state index contributed by atoms with van der Waals surface area (Å²) in [5.74, 6) is 0. The van der Waals surface area contributed by atoms with Gasteiger partial charge in [-0.05, 0) is 29.7 Å². The van der Waals surface area contributed by atoms with E-state index in [1.165, 1.54) is 11.1 Å². The largest absolute Gasteiger partial charge is 0.348 e. The molecule has 0 atom stereocenters. The number of urea groups is 1. The number of aromatic nitrogens is 2. The maximum absolute atomic E-state index is 11.8. The maximum Gasteiger partial charge on any atom is 0.319 e. The molecule has 3 aromatic rings. The first-order chi connectivity index (χ1) is 12.8. The van der Waals surface area contributed by atoms with Gasteiger partial charge >= 0.3 is 6.03 Å². The van der Waals surface area contributed by atoms with Crippen LogP contribution in [0, 0.1) is 0 Å². The minimum atomic E-state index is -0.205. The number of anilines is 1. The zero-order valence-corrected chi connectivity index (χ0v) is 14.5. The zero-order chi connectivity index (χ0) is 18.0. The van der Waals surface area contributed by atoms with Gasteiger partial charge in [-0.3, -0.25) is 0 Å². The van der Waals surface area contributed by atoms with Crippen LogP contribution < -0.4 is 10.6 Å². The van der Waals surface area contributed by atoms with Crippen LogP contribution in [0.5, 0.6) is 0 Å². The molecular formula is C21H22N4O. The number of nitrogens with one attached hydrogen (secondary N) is 3. The molecule has 1 aromatic heterocycles. The van der Waals surface area contributed by atoms with Gasteiger partial charge in [-0.15, -0.1) is 0 Å². The summed E-state index contributed by atoms with van der Waals surface area (Å²) in [5, 5.41) is 5.59. The molecule has 3 rings (SSSR count). The number of amides is 2. The smallest absolute Gasteiger partial charge is 0.319 e. The van der Waals surface area contributed by atoms with E-state index in [0.717, 1.165) is 24.2 Å². The number of para-hydroxylation sites is 1. The summed E-state index contributed by atoms with van der Waals surface area (Å²) in [4.78, 5) is 18.9. The summed E-state index contributed by atoms with van der Waals surface area (Å²) in [5.41, 5.74) is 4.38. The third-order valence-corrected chi connectivity index (χ3v) is 3.90. The number of allylic oxidation sites excluding steroid dienone is 1. The van der Waals surface area contributed by atoms with Crippen molar-refractivity contribution in [1.82, 2.24) is 15.3 Å². The molecule has 5 nitrogen and oxygen atoms in total. The number of carbonyl (C=O) groups excluding carboxylic acids is 1. The Kier molecular flexibility index (Phi) is 6.20. The fraction of sp³-hybridized carbons (Fsp3) is 0.143. The number of aromatic amines is 1. The molecule has 2 amide bonds. The van der Waals surface area contributed by atoms with Crippen LogP contribution in [-0.2, 0) is 12.8 Å². The van der Waals surface area contributed by atoms with E-state index in [-0.39, 0.29) is 6.03 Å². The van der Waals surface area contributed by atoms with Crippen LogP contribution >= 0.6 is 0 Å². The maximum atomic E-state index is 11.8. The highest BCUT2D eigenvalue weighted by Gasteiger charge is 1.99. The van der Waals surface area contributed by atoms with Crippen molar-refractivity contribution in [2.75, 3.05) is 11.9 Å². The van der Waals surface area contributed by atoms with Gasteiger partial charge in [0.25, 0.3) is 0 Å². The van der Waals surface area contributed by atoms with Crippen molar-refractivity contribution in [3.8, 4) is 0 Å². The topological polar surface area (TPSA) is 69.8 Å². The van der Waals surface area contributed by atoms with Crippen molar-refractivity contribution >= 4 is 11.7 Å². The number of imidazole rings is 1. The molecule has 0 saturated carbocycles. The Balaban J connectivity index is 1.37. The summed E-state index contributed by atoms with van der Waals surface area (Å²) in [7, 11) is 0. The average Bonchev–Trinajstić information content (AvgIpc) is 3.17. The Morgan fingerprint density at radius 3 is 2.50 bits per heavy atom. The average molecular weight is 346 g/mol. The predicted molar refractivity (Wildman–Crippen MR) is 104 cm³/mol. The van der Waals surface area contributed by atoms with Crippen LogP contribution in [-0.4, -0.2) is 22.5 Å². The molecule has 0 aliphatic rings. The first kappa shape index (κ1) is 17.5. The number of carbonyl (C=O) groups is 1. The van der Waals surface area contributed by atoms with Gasteiger partial charge in [0, 0.05) is 30.5 Å². The first-order valence-electron chi connectivity index (χ1n) is 8.59. The molecule has 0 radical (unpaired) electrons. The molecule has 0 spiro atoms. The number of hydrogen-bond donors (Lipinski definition) is 3. The van der Waals surface area contributed by atoms with Gasteiger partial charge in [-0.25, -0.2) is 9.78 Å². The van der Waals surface area contributed by atoms with E-state index < -0.39 is 0 Å². The van der Waals surface area contributed by atoms with E-state index in [4.69, 9.17) is 0 Å². The third kappa shape index (κ3) is 5.63. The van der Waals surface area contributed by atoms with Gasteiger partial charge in [0.2, 0.25) is 0 Å². The monoisotopic (exact) mass is 346 g/mol. The van der Waals surface area contributed by atoms with Crippen molar-refractivity contribution in [3.63, 3.8) is 0 Å². The van der Waals surface area contributed by atoms with E-state index in [1.54, 1.807) is 6.33 Å². The van der Waals surface area contributed by atoms with Crippen molar-refractivity contribution < 1.29 is 4.79 Å². The Hall–Kier alpha value is -3.34. The summed E-state index contributed by atoms with van der Waals surface area (Å²) in [6.45, 7) is 0.497. The highest BCUT2D eigenvalue weighted by atomic mass is 16.2. The normalized spacial score (nSPS) is 10.8. The highest BCUT2D eigenvalue weighted by molar-refractivity contribution is 5.89. The zero-order valence-electron chi connectivity index (χ0n) is 14.5. The van der Waals surface area contributed by atoms with Crippen LogP contribution in [0.1, 0.15) is 16.8 Å². The second-order valence-electron chi connectivity index (χ2n) is 5.95. The second kappa shape index (κ2) is 9.22. The Bertz CT molecular complexity index is 824. The molecule has 2 aromatic carbocycles. The quantitative estimate of drug-likeness (QED) is 0.568. The van der Waals surface area contributed by atoms with Crippen LogP contribution in [0.15, 0.2) is 79.3 Å². The van der Waals surface area contributed by atoms with Crippen molar-refractivity contribution in [2.24, 2.45) is 0 Å². The Morgan fingerprint density at radius 1 is 1.00 bits per heavy atom. The summed E-state index contributed by atoms with van der Waals surface area (Å²) < 4.78 is 0. The molecule has 1 heterocycles. The SMILES string of the molecule is O=C(NC/C=C/Cc1ccc(Cc2cnc[nH]2)cc1)Nc1ccccc1. The Morgan fingerprint density at radius 2 is 1.77 bits per heavy atom. The molecule has 0 fully saturated rings. The molecule has 0 saturated heterocycles. The lowest BCUT2D eigenvalue weighted by Gasteiger charge is -2.05. The summed E-state index contributed by atoms with van der Waals surface area (Å²) in [6.07, 6.45) is 9.26. The Labute approximate surface area is 153 Å². The van der Waals surface area contributed by atoms with E-state index in [1.807, 2.05) is 42.6 Å². The van der Waals surface area contributed by atoms with Crippen molar-refractivity contribution in [3.05, 3.63) is 96.1 Å². The fourth-order valence-electron chi connectivity index (χ4n) is 2.55. The van der Waals surface area contributed by atoms with Gasteiger partial charge in [0.1, 0.15) is 0 Å². The third-order valence-electron chi connectivity index (χ3n) is 3.90. The molecule has 132 valence electrons. The minimum Gasteiger partial charge on any atom is -0.348 e. The lowest BCUT2D eigenvalue weighted by atomic mass is 10.1.